The van der Waals surface area contributed by atoms with Gasteiger partial charge in [-0.05, 0) is 24.3 Å². The Hall–Kier alpha value is -3.56. The highest BCUT2D eigenvalue weighted by Gasteiger charge is 2.46. The SMILES string of the molecule is Cn1ncc2c1-c1ccc(F)cc1OC21CCN(C(=O)c2ccccc2OC(F)(F)F)CC1. The van der Waals surface area contributed by atoms with Crippen molar-refractivity contribution in [1.29, 1.82) is 0 Å². The van der Waals surface area contributed by atoms with Crippen LogP contribution in [0.5, 0.6) is 11.5 Å². The molecule has 0 unspecified atom stereocenters. The van der Waals surface area contributed by atoms with Crippen molar-refractivity contribution in [3.8, 4) is 22.8 Å². The van der Waals surface area contributed by atoms with Crippen molar-refractivity contribution < 1.29 is 31.8 Å². The zero-order valence-corrected chi connectivity index (χ0v) is 17.5. The molecule has 1 aromatic heterocycles. The fourth-order valence-corrected chi connectivity index (χ4v) is 4.60. The van der Waals surface area contributed by atoms with Gasteiger partial charge in [0.1, 0.15) is 22.9 Å². The number of aryl methyl sites for hydroxylation is 1. The molecule has 3 heterocycles. The van der Waals surface area contributed by atoms with Crippen LogP contribution in [-0.4, -0.2) is 40.0 Å². The van der Waals surface area contributed by atoms with Gasteiger partial charge in [-0.1, -0.05) is 12.1 Å². The molecule has 0 bridgehead atoms. The molecule has 3 aromatic rings. The number of rotatable bonds is 2. The quantitative estimate of drug-likeness (QED) is 0.522. The van der Waals surface area contributed by atoms with E-state index in [0.717, 1.165) is 22.9 Å². The molecule has 0 atom stereocenters. The van der Waals surface area contributed by atoms with Crippen LogP contribution in [0, 0.1) is 5.82 Å². The first-order valence-corrected chi connectivity index (χ1v) is 10.3. The predicted octanol–water partition coefficient (Wildman–Crippen LogP) is 4.65. The molecule has 2 aliphatic heterocycles. The van der Waals surface area contributed by atoms with Gasteiger partial charge in [-0.15, -0.1) is 13.2 Å². The van der Waals surface area contributed by atoms with Crippen molar-refractivity contribution in [3.63, 3.8) is 0 Å². The number of fused-ring (bicyclic) bond motifs is 4. The van der Waals surface area contributed by atoms with E-state index in [9.17, 15) is 22.4 Å². The van der Waals surface area contributed by atoms with Crippen molar-refractivity contribution >= 4 is 5.91 Å². The molecule has 1 amide bonds. The second-order valence-corrected chi connectivity index (χ2v) is 8.10. The molecule has 0 N–H and O–H groups in total. The maximum absolute atomic E-state index is 13.9. The van der Waals surface area contributed by atoms with Crippen molar-refractivity contribution in [2.24, 2.45) is 7.05 Å². The molecule has 1 fully saturated rings. The lowest BCUT2D eigenvalue weighted by molar-refractivity contribution is -0.274. The van der Waals surface area contributed by atoms with E-state index in [-0.39, 0.29) is 18.7 Å². The Morgan fingerprint density at radius 1 is 1.15 bits per heavy atom. The highest BCUT2D eigenvalue weighted by Crippen LogP contribution is 2.49. The van der Waals surface area contributed by atoms with Crippen molar-refractivity contribution in [3.05, 3.63) is 65.6 Å². The number of nitrogens with zero attached hydrogens (tertiary/aromatic N) is 3. The zero-order valence-electron chi connectivity index (χ0n) is 17.5. The van der Waals surface area contributed by atoms with E-state index in [0.29, 0.717) is 18.6 Å². The van der Waals surface area contributed by atoms with Gasteiger partial charge in [0, 0.05) is 50.2 Å². The second kappa shape index (κ2) is 7.50. The van der Waals surface area contributed by atoms with Crippen LogP contribution >= 0.6 is 0 Å². The first kappa shape index (κ1) is 21.3. The summed E-state index contributed by atoms with van der Waals surface area (Å²) < 4.78 is 64.2. The summed E-state index contributed by atoms with van der Waals surface area (Å²) in [6.45, 7) is 0.469. The molecule has 0 aliphatic carbocycles. The largest absolute Gasteiger partial charge is 0.573 e. The first-order valence-electron chi connectivity index (χ1n) is 10.3. The molecule has 6 nitrogen and oxygen atoms in total. The third-order valence-corrected chi connectivity index (χ3v) is 6.14. The van der Waals surface area contributed by atoms with Crippen LogP contribution in [0.25, 0.3) is 11.3 Å². The van der Waals surface area contributed by atoms with Gasteiger partial charge in [0.25, 0.3) is 5.91 Å². The van der Waals surface area contributed by atoms with Crippen LogP contribution in [0.3, 0.4) is 0 Å². The number of para-hydroxylation sites is 1. The summed E-state index contributed by atoms with van der Waals surface area (Å²) in [7, 11) is 1.79. The van der Waals surface area contributed by atoms with Gasteiger partial charge >= 0.3 is 6.36 Å². The third-order valence-electron chi connectivity index (χ3n) is 6.14. The number of piperidine rings is 1. The standard InChI is InChI=1S/C23H19F4N3O3/c1-29-20-15-7-6-14(24)12-19(15)32-22(17(20)13-28-29)8-10-30(11-9-22)21(31)16-4-2-3-5-18(16)33-23(25,26)27/h2-7,12-13H,8-11H2,1H3. The number of hydrogen-bond donors (Lipinski definition) is 0. The van der Waals surface area contributed by atoms with Gasteiger partial charge in [0.05, 0.1) is 17.5 Å². The van der Waals surface area contributed by atoms with Gasteiger partial charge in [0.2, 0.25) is 0 Å². The fraction of sp³-hybridized carbons (Fsp3) is 0.304. The van der Waals surface area contributed by atoms with E-state index in [1.54, 1.807) is 24.0 Å². The lowest BCUT2D eigenvalue weighted by Crippen LogP contribution is -2.49. The van der Waals surface area contributed by atoms with Crippen molar-refractivity contribution in [1.82, 2.24) is 14.7 Å². The van der Waals surface area contributed by atoms with Gasteiger partial charge in [0.15, 0.2) is 0 Å². The average Bonchev–Trinajstić information content (AvgIpc) is 3.16. The van der Waals surface area contributed by atoms with Gasteiger partial charge in [-0.25, -0.2) is 4.39 Å². The molecule has 10 heteroatoms. The Morgan fingerprint density at radius 2 is 1.88 bits per heavy atom. The number of hydrogen-bond acceptors (Lipinski definition) is 4. The number of likely N-dealkylation sites (tertiary alicyclic amines) is 1. The molecular weight excluding hydrogens is 442 g/mol. The number of carbonyl (C=O) groups is 1. The van der Waals surface area contributed by atoms with Crippen LogP contribution in [0.4, 0.5) is 17.6 Å². The van der Waals surface area contributed by atoms with Crippen LogP contribution in [0.1, 0.15) is 28.8 Å². The smallest absolute Gasteiger partial charge is 0.481 e. The molecule has 172 valence electrons. The average molecular weight is 461 g/mol. The summed E-state index contributed by atoms with van der Waals surface area (Å²) >= 11 is 0. The second-order valence-electron chi connectivity index (χ2n) is 8.10. The number of ether oxygens (including phenoxy) is 2. The Bertz CT molecular complexity index is 1230. The molecular formula is C23H19F4N3O3. The molecule has 33 heavy (non-hydrogen) atoms. The van der Waals surface area contributed by atoms with Crippen LogP contribution < -0.4 is 9.47 Å². The van der Waals surface area contributed by atoms with Crippen LogP contribution in [0.15, 0.2) is 48.7 Å². The molecule has 1 spiro atoms. The summed E-state index contributed by atoms with van der Waals surface area (Å²) in [5, 5.41) is 4.36. The molecule has 0 radical (unpaired) electrons. The monoisotopic (exact) mass is 461 g/mol. The van der Waals surface area contributed by atoms with Gasteiger partial charge in [-0.3, -0.25) is 9.48 Å². The maximum Gasteiger partial charge on any atom is 0.573 e. The van der Waals surface area contributed by atoms with E-state index in [1.165, 1.54) is 35.2 Å². The third kappa shape index (κ3) is 3.69. The summed E-state index contributed by atoms with van der Waals surface area (Å²) in [6.07, 6.45) is -2.45. The van der Waals surface area contributed by atoms with Crippen molar-refractivity contribution in [2.45, 2.75) is 24.8 Å². The van der Waals surface area contributed by atoms with Crippen LogP contribution in [-0.2, 0) is 12.6 Å². The van der Waals surface area contributed by atoms with E-state index in [1.807, 2.05) is 0 Å². The number of benzene rings is 2. The Labute approximate surface area is 186 Å². The predicted molar refractivity (Wildman–Crippen MR) is 109 cm³/mol. The van der Waals surface area contributed by atoms with Crippen LogP contribution in [0.2, 0.25) is 0 Å². The minimum absolute atomic E-state index is 0.162. The first-order chi connectivity index (χ1) is 15.7. The molecule has 0 saturated carbocycles. The number of carbonyl (C=O) groups excluding carboxylic acids is 1. The van der Waals surface area contributed by atoms with E-state index < -0.39 is 29.4 Å². The topological polar surface area (TPSA) is 56.6 Å². The van der Waals surface area contributed by atoms with E-state index in [2.05, 4.69) is 9.84 Å². The number of halogens is 4. The van der Waals surface area contributed by atoms with Gasteiger partial charge < -0.3 is 14.4 Å². The molecule has 2 aliphatic rings. The lowest BCUT2D eigenvalue weighted by Gasteiger charge is -2.44. The minimum Gasteiger partial charge on any atom is -0.481 e. The Kier molecular flexibility index (Phi) is 4.84. The molecule has 1 saturated heterocycles. The van der Waals surface area contributed by atoms with E-state index >= 15 is 0 Å². The van der Waals surface area contributed by atoms with Gasteiger partial charge in [-0.2, -0.15) is 5.10 Å². The highest BCUT2D eigenvalue weighted by atomic mass is 19.4. The van der Waals surface area contributed by atoms with Crippen molar-refractivity contribution in [2.75, 3.05) is 13.1 Å². The summed E-state index contributed by atoms with van der Waals surface area (Å²) in [5.74, 6) is -1.13. The zero-order chi connectivity index (χ0) is 23.4. The molecule has 5 rings (SSSR count). The number of amides is 1. The normalized spacial score (nSPS) is 16.7. The summed E-state index contributed by atoms with van der Waals surface area (Å²) in [6, 6.07) is 9.62. The summed E-state index contributed by atoms with van der Waals surface area (Å²) in [5.41, 5.74) is 1.42. The molecule has 2 aromatic carbocycles. The maximum atomic E-state index is 13.9. The Balaban J connectivity index is 1.41. The summed E-state index contributed by atoms with van der Waals surface area (Å²) in [4.78, 5) is 14.5. The van der Waals surface area contributed by atoms with E-state index in [4.69, 9.17) is 4.74 Å². The number of alkyl halides is 3. The number of aromatic nitrogens is 2. The fourth-order valence-electron chi connectivity index (χ4n) is 4.60. The Morgan fingerprint density at radius 3 is 2.61 bits per heavy atom. The highest BCUT2D eigenvalue weighted by molar-refractivity contribution is 5.97. The lowest BCUT2D eigenvalue weighted by atomic mass is 9.81. The minimum atomic E-state index is -4.91.